The Morgan fingerprint density at radius 2 is 1.77 bits per heavy atom. The van der Waals surface area contributed by atoms with Crippen molar-refractivity contribution in [2.75, 3.05) is 14.2 Å². The van der Waals surface area contributed by atoms with Crippen molar-refractivity contribution in [3.05, 3.63) is 89.7 Å². The van der Waals surface area contributed by atoms with Gasteiger partial charge in [-0.25, -0.2) is 4.98 Å². The number of imidazole rings is 1. The van der Waals surface area contributed by atoms with Crippen LogP contribution in [0, 0.1) is 0 Å². The number of hydrogen-bond acceptors (Lipinski definition) is 4. The van der Waals surface area contributed by atoms with Crippen LogP contribution in [0.25, 0.3) is 11.0 Å². The molecule has 0 atom stereocenters. The highest BCUT2D eigenvalue weighted by atomic mass is 16.5. The van der Waals surface area contributed by atoms with Gasteiger partial charge in [-0.05, 0) is 35.9 Å². The van der Waals surface area contributed by atoms with E-state index in [4.69, 9.17) is 9.47 Å². The van der Waals surface area contributed by atoms with Gasteiger partial charge in [-0.2, -0.15) is 0 Å². The molecule has 6 heteroatoms. The van der Waals surface area contributed by atoms with Crippen LogP contribution in [0.15, 0.2) is 72.8 Å². The summed E-state index contributed by atoms with van der Waals surface area (Å²) < 4.78 is 11.3. The first-order chi connectivity index (χ1) is 14.6. The lowest BCUT2D eigenvalue weighted by molar-refractivity contribution is 0.0781. The molecule has 30 heavy (non-hydrogen) atoms. The van der Waals surface area contributed by atoms with Gasteiger partial charge < -0.3 is 19.4 Å². The molecular weight excluding hydrogens is 378 g/mol. The molecule has 0 aliphatic carbocycles. The van der Waals surface area contributed by atoms with Crippen LogP contribution in [0.4, 0.5) is 0 Å². The molecule has 6 nitrogen and oxygen atoms in total. The average molecular weight is 401 g/mol. The van der Waals surface area contributed by atoms with Crippen molar-refractivity contribution in [2.24, 2.45) is 0 Å². The van der Waals surface area contributed by atoms with Gasteiger partial charge >= 0.3 is 0 Å². The summed E-state index contributed by atoms with van der Waals surface area (Å²) in [5.41, 5.74) is 3.42. The molecule has 3 aromatic carbocycles. The lowest BCUT2D eigenvalue weighted by atomic mass is 10.1. The summed E-state index contributed by atoms with van der Waals surface area (Å²) in [7, 11) is 3.32. The minimum Gasteiger partial charge on any atom is -0.493 e. The second-order valence-electron chi connectivity index (χ2n) is 7.00. The monoisotopic (exact) mass is 401 g/mol. The summed E-state index contributed by atoms with van der Waals surface area (Å²) in [6, 6.07) is 22.9. The molecule has 0 fully saturated rings. The first-order valence-electron chi connectivity index (χ1n) is 9.68. The van der Waals surface area contributed by atoms with Crippen LogP contribution in [0.5, 0.6) is 11.5 Å². The number of ether oxygens (including phenoxy) is 2. The van der Waals surface area contributed by atoms with Gasteiger partial charge in [0.15, 0.2) is 11.5 Å². The Kier molecular flexibility index (Phi) is 5.66. The third kappa shape index (κ3) is 4.27. The first-order valence-corrected chi connectivity index (χ1v) is 9.68. The van der Waals surface area contributed by atoms with E-state index in [1.165, 1.54) is 0 Å². The Morgan fingerprint density at radius 3 is 2.53 bits per heavy atom. The molecule has 152 valence electrons. The fourth-order valence-corrected chi connectivity index (χ4v) is 3.25. The highest BCUT2D eigenvalue weighted by molar-refractivity contribution is 5.94. The molecule has 0 spiro atoms. The number of carbonyl (C=O) groups excluding carboxylic acids is 1. The summed E-state index contributed by atoms with van der Waals surface area (Å²) in [4.78, 5) is 22.3. The number of fused-ring (bicyclic) bond motifs is 1. The SMILES string of the molecule is COc1cc(C(=O)N(C)Cc2nc3ccccc3[nH]2)ccc1OCc1ccccc1. The molecular formula is C24H23N3O3. The molecule has 1 aromatic heterocycles. The maximum atomic E-state index is 12.9. The average Bonchev–Trinajstić information content (AvgIpc) is 3.20. The molecule has 1 N–H and O–H groups in total. The lowest BCUT2D eigenvalue weighted by Crippen LogP contribution is -2.26. The van der Waals surface area contributed by atoms with E-state index in [-0.39, 0.29) is 5.91 Å². The van der Waals surface area contributed by atoms with Crippen LogP contribution in [-0.2, 0) is 13.2 Å². The summed E-state index contributed by atoms with van der Waals surface area (Å²) in [6.45, 7) is 0.804. The fourth-order valence-electron chi connectivity index (χ4n) is 3.25. The number of hydrogen-bond donors (Lipinski definition) is 1. The van der Waals surface area contributed by atoms with Crippen LogP contribution in [-0.4, -0.2) is 34.9 Å². The summed E-state index contributed by atoms with van der Waals surface area (Å²) >= 11 is 0. The largest absolute Gasteiger partial charge is 0.493 e. The molecule has 0 bridgehead atoms. The van der Waals surface area contributed by atoms with Crippen LogP contribution < -0.4 is 9.47 Å². The van der Waals surface area contributed by atoms with E-state index in [9.17, 15) is 4.79 Å². The summed E-state index contributed by atoms with van der Waals surface area (Å²) in [5, 5.41) is 0. The molecule has 0 aliphatic heterocycles. The van der Waals surface area contributed by atoms with E-state index >= 15 is 0 Å². The Balaban J connectivity index is 1.46. The smallest absolute Gasteiger partial charge is 0.254 e. The molecule has 0 radical (unpaired) electrons. The number of nitrogens with one attached hydrogen (secondary N) is 1. The van der Waals surface area contributed by atoms with Crippen molar-refractivity contribution >= 4 is 16.9 Å². The number of aromatic amines is 1. The molecule has 0 aliphatic rings. The van der Waals surface area contributed by atoms with Crippen LogP contribution in [0.2, 0.25) is 0 Å². The quantitative estimate of drug-likeness (QED) is 0.498. The Morgan fingerprint density at radius 1 is 1.00 bits per heavy atom. The highest BCUT2D eigenvalue weighted by Crippen LogP contribution is 2.29. The van der Waals surface area contributed by atoms with E-state index < -0.39 is 0 Å². The molecule has 0 saturated carbocycles. The van der Waals surface area contributed by atoms with Gasteiger partial charge in [0.05, 0.1) is 24.7 Å². The third-order valence-electron chi connectivity index (χ3n) is 4.82. The van der Waals surface area contributed by atoms with E-state index in [1.54, 1.807) is 37.3 Å². The topological polar surface area (TPSA) is 67.5 Å². The van der Waals surface area contributed by atoms with Crippen LogP contribution in [0.3, 0.4) is 0 Å². The summed E-state index contributed by atoms with van der Waals surface area (Å²) in [6.07, 6.45) is 0. The van der Waals surface area contributed by atoms with Gasteiger partial charge in [0.1, 0.15) is 12.4 Å². The van der Waals surface area contributed by atoms with Crippen molar-refractivity contribution < 1.29 is 14.3 Å². The highest BCUT2D eigenvalue weighted by Gasteiger charge is 2.16. The van der Waals surface area contributed by atoms with Gasteiger partial charge in [0, 0.05) is 12.6 Å². The maximum absolute atomic E-state index is 12.9. The maximum Gasteiger partial charge on any atom is 0.254 e. The number of carbonyl (C=O) groups is 1. The normalized spacial score (nSPS) is 10.7. The molecule has 1 heterocycles. The van der Waals surface area contributed by atoms with Crippen molar-refractivity contribution in [3.8, 4) is 11.5 Å². The zero-order valence-electron chi connectivity index (χ0n) is 17.0. The van der Waals surface area contributed by atoms with E-state index in [0.717, 1.165) is 22.4 Å². The first kappa shape index (κ1) is 19.5. The number of benzene rings is 3. The van der Waals surface area contributed by atoms with Gasteiger partial charge in [-0.1, -0.05) is 42.5 Å². The molecule has 0 unspecified atom stereocenters. The van der Waals surface area contributed by atoms with Crippen molar-refractivity contribution in [3.63, 3.8) is 0 Å². The number of nitrogens with zero attached hydrogens (tertiary/aromatic N) is 2. The van der Waals surface area contributed by atoms with E-state index in [0.29, 0.717) is 30.2 Å². The third-order valence-corrected chi connectivity index (χ3v) is 4.82. The number of amides is 1. The Bertz CT molecular complexity index is 1120. The zero-order chi connectivity index (χ0) is 20.9. The Labute approximate surface area is 175 Å². The number of methoxy groups -OCH3 is 1. The molecule has 1 amide bonds. The van der Waals surface area contributed by atoms with Crippen molar-refractivity contribution in [2.45, 2.75) is 13.2 Å². The number of aromatic nitrogens is 2. The fraction of sp³-hybridized carbons (Fsp3) is 0.167. The van der Waals surface area contributed by atoms with Crippen LogP contribution in [0.1, 0.15) is 21.7 Å². The standard InChI is InChI=1S/C24H23N3O3/c1-27(15-23-25-19-10-6-7-11-20(19)26-23)24(28)18-12-13-21(22(14-18)29-2)30-16-17-8-4-3-5-9-17/h3-14H,15-16H2,1-2H3,(H,25,26). The van der Waals surface area contributed by atoms with Gasteiger partial charge in [-0.15, -0.1) is 0 Å². The molecule has 4 aromatic rings. The Hall–Kier alpha value is -3.80. The van der Waals surface area contributed by atoms with Gasteiger partial charge in [0.25, 0.3) is 5.91 Å². The van der Waals surface area contributed by atoms with E-state index in [1.807, 2.05) is 54.6 Å². The van der Waals surface area contributed by atoms with Gasteiger partial charge in [0.2, 0.25) is 0 Å². The van der Waals surface area contributed by atoms with E-state index in [2.05, 4.69) is 9.97 Å². The predicted molar refractivity (Wildman–Crippen MR) is 116 cm³/mol. The van der Waals surface area contributed by atoms with Crippen molar-refractivity contribution in [1.29, 1.82) is 0 Å². The predicted octanol–water partition coefficient (Wildman–Crippen LogP) is 4.42. The second-order valence-corrected chi connectivity index (χ2v) is 7.00. The van der Waals surface area contributed by atoms with Crippen molar-refractivity contribution in [1.82, 2.24) is 14.9 Å². The lowest BCUT2D eigenvalue weighted by Gasteiger charge is -2.17. The van der Waals surface area contributed by atoms with Gasteiger partial charge in [-0.3, -0.25) is 4.79 Å². The molecule has 4 rings (SSSR count). The number of H-pyrrole nitrogens is 1. The summed E-state index contributed by atoms with van der Waals surface area (Å²) in [5.74, 6) is 1.73. The van der Waals surface area contributed by atoms with Crippen LogP contribution >= 0.6 is 0 Å². The zero-order valence-corrected chi connectivity index (χ0v) is 17.0. The number of para-hydroxylation sites is 2. The number of rotatable bonds is 7. The minimum atomic E-state index is -0.122. The minimum absolute atomic E-state index is 0.122. The second kappa shape index (κ2) is 8.69. The molecule has 0 saturated heterocycles.